The van der Waals surface area contributed by atoms with Crippen LogP contribution in [0, 0.1) is 5.92 Å². The summed E-state index contributed by atoms with van der Waals surface area (Å²) in [5.74, 6) is -1.11. The van der Waals surface area contributed by atoms with Gasteiger partial charge in [0, 0.05) is 0 Å². The zero-order chi connectivity index (χ0) is 12.3. The van der Waals surface area contributed by atoms with Crippen molar-refractivity contribution >= 4 is 17.8 Å². The van der Waals surface area contributed by atoms with Gasteiger partial charge < -0.3 is 15.4 Å². The Bertz CT molecular complexity index is 314. The maximum absolute atomic E-state index is 11.6. The van der Waals surface area contributed by atoms with Gasteiger partial charge in [-0.3, -0.25) is 14.4 Å². The minimum atomic E-state index is -0.824. The number of carbonyl (C=O) groups excluding carboxylic acids is 3. The fourth-order valence-corrected chi connectivity index (χ4v) is 1.51. The van der Waals surface area contributed by atoms with Crippen LogP contribution in [0.5, 0.6) is 0 Å². The second kappa shape index (κ2) is 4.96. The monoisotopic (exact) mass is 228 g/mol. The summed E-state index contributed by atoms with van der Waals surface area (Å²) in [5, 5.41) is 5.10. The molecule has 2 N–H and O–H groups in total. The maximum atomic E-state index is 11.6. The molecule has 0 aromatic rings. The number of piperazine rings is 1. The molecule has 0 spiro atoms. The zero-order valence-corrected chi connectivity index (χ0v) is 9.57. The Hall–Kier alpha value is -1.59. The molecule has 0 aliphatic carbocycles. The predicted octanol–water partition coefficient (Wildman–Crippen LogP) is -0.811. The molecule has 6 heteroatoms. The van der Waals surface area contributed by atoms with E-state index in [1.807, 2.05) is 13.8 Å². The number of amides is 2. The van der Waals surface area contributed by atoms with Gasteiger partial charge in [0.25, 0.3) is 0 Å². The number of carbonyl (C=O) groups is 3. The van der Waals surface area contributed by atoms with Gasteiger partial charge in [-0.05, 0) is 5.92 Å². The van der Waals surface area contributed by atoms with Crippen LogP contribution in [0.3, 0.4) is 0 Å². The Morgan fingerprint density at radius 3 is 2.44 bits per heavy atom. The first-order chi connectivity index (χ1) is 7.45. The van der Waals surface area contributed by atoms with E-state index in [2.05, 4.69) is 15.4 Å². The summed E-state index contributed by atoms with van der Waals surface area (Å²) in [6, 6.07) is -1.35. The molecule has 2 atom stereocenters. The molecule has 0 bridgehead atoms. The number of hydrogen-bond donors (Lipinski definition) is 2. The largest absolute Gasteiger partial charge is 0.469 e. The zero-order valence-electron chi connectivity index (χ0n) is 9.57. The molecular weight excluding hydrogens is 212 g/mol. The van der Waals surface area contributed by atoms with Gasteiger partial charge in [-0.1, -0.05) is 13.8 Å². The van der Waals surface area contributed by atoms with E-state index in [1.165, 1.54) is 7.11 Å². The molecule has 6 nitrogen and oxygen atoms in total. The highest BCUT2D eigenvalue weighted by Gasteiger charge is 2.36. The van der Waals surface area contributed by atoms with E-state index < -0.39 is 18.1 Å². The minimum absolute atomic E-state index is 0.0167. The van der Waals surface area contributed by atoms with Crippen LogP contribution in [0.2, 0.25) is 0 Å². The molecule has 1 fully saturated rings. The fourth-order valence-electron chi connectivity index (χ4n) is 1.51. The molecule has 0 aromatic carbocycles. The van der Waals surface area contributed by atoms with Crippen LogP contribution in [-0.2, 0) is 19.1 Å². The van der Waals surface area contributed by atoms with Gasteiger partial charge in [0.1, 0.15) is 12.1 Å². The second-order valence-electron chi connectivity index (χ2n) is 4.07. The molecule has 1 saturated heterocycles. The van der Waals surface area contributed by atoms with Crippen molar-refractivity contribution in [3.8, 4) is 0 Å². The molecule has 16 heavy (non-hydrogen) atoms. The van der Waals surface area contributed by atoms with Crippen molar-refractivity contribution in [3.05, 3.63) is 0 Å². The topological polar surface area (TPSA) is 84.5 Å². The van der Waals surface area contributed by atoms with Crippen LogP contribution in [0.4, 0.5) is 0 Å². The lowest BCUT2D eigenvalue weighted by Gasteiger charge is -2.31. The average Bonchev–Trinajstić information content (AvgIpc) is 2.22. The van der Waals surface area contributed by atoms with Crippen molar-refractivity contribution < 1.29 is 19.1 Å². The third kappa shape index (κ3) is 2.71. The van der Waals surface area contributed by atoms with E-state index >= 15 is 0 Å². The summed E-state index contributed by atoms with van der Waals surface area (Å²) in [4.78, 5) is 34.2. The van der Waals surface area contributed by atoms with E-state index in [1.54, 1.807) is 0 Å². The maximum Gasteiger partial charge on any atom is 0.308 e. The Labute approximate surface area is 93.7 Å². The van der Waals surface area contributed by atoms with Gasteiger partial charge in [-0.25, -0.2) is 0 Å². The summed E-state index contributed by atoms with van der Waals surface area (Å²) in [7, 11) is 1.24. The number of hydrogen-bond acceptors (Lipinski definition) is 4. The van der Waals surface area contributed by atoms with Gasteiger partial charge in [0.2, 0.25) is 11.8 Å². The summed E-state index contributed by atoms with van der Waals surface area (Å²) in [6.07, 6.45) is -0.140. The molecule has 1 heterocycles. The van der Waals surface area contributed by atoms with Crippen molar-refractivity contribution in [1.82, 2.24) is 10.6 Å². The third-order valence-electron chi connectivity index (χ3n) is 2.48. The Morgan fingerprint density at radius 1 is 1.31 bits per heavy atom. The molecule has 1 aliphatic rings. The molecule has 0 aromatic heterocycles. The van der Waals surface area contributed by atoms with Gasteiger partial charge in [0.15, 0.2) is 0 Å². The number of esters is 1. The summed E-state index contributed by atoms with van der Waals surface area (Å²) in [5.41, 5.74) is 0. The first kappa shape index (κ1) is 12.5. The second-order valence-corrected chi connectivity index (χ2v) is 4.07. The van der Waals surface area contributed by atoms with Gasteiger partial charge in [0.05, 0.1) is 13.5 Å². The highest BCUT2D eigenvalue weighted by molar-refractivity contribution is 5.98. The highest BCUT2D eigenvalue weighted by atomic mass is 16.5. The lowest BCUT2D eigenvalue weighted by molar-refractivity contribution is -0.145. The molecular formula is C10H16N2O4. The molecule has 1 rings (SSSR count). The normalized spacial score (nSPS) is 25.0. The van der Waals surface area contributed by atoms with E-state index in [9.17, 15) is 14.4 Å². The van der Waals surface area contributed by atoms with E-state index in [0.29, 0.717) is 0 Å². The number of ether oxygens (including phenoxy) is 1. The molecule has 1 aliphatic heterocycles. The van der Waals surface area contributed by atoms with Crippen molar-refractivity contribution in [2.24, 2.45) is 5.92 Å². The molecule has 2 amide bonds. The molecule has 0 radical (unpaired) electrons. The molecule has 0 saturated carbocycles. The van der Waals surface area contributed by atoms with Gasteiger partial charge in [-0.2, -0.15) is 0 Å². The fraction of sp³-hybridized carbons (Fsp3) is 0.700. The summed E-state index contributed by atoms with van der Waals surface area (Å²) in [6.45, 7) is 3.68. The summed E-state index contributed by atoms with van der Waals surface area (Å²) >= 11 is 0. The minimum Gasteiger partial charge on any atom is -0.469 e. The average molecular weight is 228 g/mol. The van der Waals surface area contributed by atoms with Crippen molar-refractivity contribution in [1.29, 1.82) is 0 Å². The first-order valence-corrected chi connectivity index (χ1v) is 5.13. The van der Waals surface area contributed by atoms with Gasteiger partial charge >= 0.3 is 5.97 Å². The standard InChI is InChI=1S/C10H16N2O4/c1-5(2)8-10(15)11-6(9(14)12-8)4-7(13)16-3/h5-6,8H,4H2,1-3H3,(H,11,15)(H,12,14). The highest BCUT2D eigenvalue weighted by Crippen LogP contribution is 2.09. The third-order valence-corrected chi connectivity index (χ3v) is 2.48. The van der Waals surface area contributed by atoms with Crippen molar-refractivity contribution in [3.63, 3.8) is 0 Å². The van der Waals surface area contributed by atoms with E-state index in [-0.39, 0.29) is 24.2 Å². The van der Waals surface area contributed by atoms with Crippen LogP contribution in [-0.4, -0.2) is 37.0 Å². The van der Waals surface area contributed by atoms with Crippen LogP contribution in [0.1, 0.15) is 20.3 Å². The Balaban J connectivity index is 2.63. The molecule has 2 unspecified atom stereocenters. The Morgan fingerprint density at radius 2 is 1.94 bits per heavy atom. The number of nitrogens with one attached hydrogen (secondary N) is 2. The number of rotatable bonds is 3. The smallest absolute Gasteiger partial charge is 0.308 e. The lowest BCUT2D eigenvalue weighted by Crippen LogP contribution is -2.63. The van der Waals surface area contributed by atoms with E-state index in [4.69, 9.17) is 0 Å². The van der Waals surface area contributed by atoms with E-state index in [0.717, 1.165) is 0 Å². The first-order valence-electron chi connectivity index (χ1n) is 5.13. The van der Waals surface area contributed by atoms with Crippen LogP contribution in [0.15, 0.2) is 0 Å². The van der Waals surface area contributed by atoms with Crippen LogP contribution < -0.4 is 10.6 Å². The van der Waals surface area contributed by atoms with Gasteiger partial charge in [-0.15, -0.1) is 0 Å². The van der Waals surface area contributed by atoms with Crippen LogP contribution >= 0.6 is 0 Å². The predicted molar refractivity (Wildman–Crippen MR) is 55.3 cm³/mol. The quantitative estimate of drug-likeness (QED) is 0.619. The SMILES string of the molecule is COC(=O)CC1NC(=O)C(C(C)C)NC1=O. The number of methoxy groups -OCH3 is 1. The summed E-state index contributed by atoms with van der Waals surface area (Å²) < 4.78 is 4.44. The van der Waals surface area contributed by atoms with Crippen LogP contribution in [0.25, 0.3) is 0 Å². The van der Waals surface area contributed by atoms with Crippen molar-refractivity contribution in [2.75, 3.05) is 7.11 Å². The molecule has 90 valence electrons. The van der Waals surface area contributed by atoms with Crippen molar-refractivity contribution in [2.45, 2.75) is 32.4 Å². The lowest BCUT2D eigenvalue weighted by atomic mass is 9.99. The Kier molecular flexibility index (Phi) is 3.87.